The van der Waals surface area contributed by atoms with Gasteiger partial charge in [0, 0.05) is 35.9 Å². The van der Waals surface area contributed by atoms with Crippen LogP contribution >= 0.6 is 0 Å². The van der Waals surface area contributed by atoms with Crippen molar-refractivity contribution in [3.8, 4) is 16.8 Å². The Hall–Kier alpha value is -4.35. The van der Waals surface area contributed by atoms with Gasteiger partial charge in [0.2, 0.25) is 6.30 Å². The van der Waals surface area contributed by atoms with Crippen molar-refractivity contribution in [2.45, 2.75) is 18.9 Å². The summed E-state index contributed by atoms with van der Waals surface area (Å²) in [5.74, 6) is -0.262. The van der Waals surface area contributed by atoms with Crippen LogP contribution in [0.4, 0.5) is 32.2 Å². The van der Waals surface area contributed by atoms with Crippen molar-refractivity contribution in [2.75, 3.05) is 5.32 Å². The zero-order chi connectivity index (χ0) is 26.5. The molecule has 2 aromatic carbocycles. The lowest BCUT2D eigenvalue weighted by Crippen LogP contribution is -2.23. The van der Waals surface area contributed by atoms with Crippen LogP contribution in [0.1, 0.15) is 5.56 Å². The summed E-state index contributed by atoms with van der Waals surface area (Å²) in [6.07, 6.45) is -7.37. The summed E-state index contributed by atoms with van der Waals surface area (Å²) in [6, 6.07) is 11.8. The molecule has 12 heteroatoms. The molecule has 5 aromatic rings. The van der Waals surface area contributed by atoms with E-state index in [0.717, 1.165) is 29.7 Å². The number of rotatable bonds is 5. The first-order valence-corrected chi connectivity index (χ1v) is 10.9. The van der Waals surface area contributed by atoms with Gasteiger partial charge in [-0.1, -0.05) is 12.1 Å². The van der Waals surface area contributed by atoms with E-state index in [0.29, 0.717) is 16.6 Å². The number of nitrogens with zero attached hydrogens (tertiary/aromatic N) is 4. The number of anilines is 1. The Bertz CT molecular complexity index is 1670. The van der Waals surface area contributed by atoms with E-state index in [-0.39, 0.29) is 22.5 Å². The molecule has 0 bridgehead atoms. The van der Waals surface area contributed by atoms with Gasteiger partial charge in [-0.2, -0.15) is 18.3 Å². The normalized spacial score (nSPS) is 13.0. The molecule has 37 heavy (non-hydrogen) atoms. The van der Waals surface area contributed by atoms with Crippen molar-refractivity contribution < 1.29 is 26.3 Å². The Morgan fingerprint density at radius 3 is 2.32 bits per heavy atom. The fourth-order valence-corrected chi connectivity index (χ4v) is 4.04. The number of benzene rings is 2. The van der Waals surface area contributed by atoms with E-state index in [4.69, 9.17) is 0 Å². The maximum absolute atomic E-state index is 13.7. The second-order valence-electron chi connectivity index (χ2n) is 8.32. The van der Waals surface area contributed by atoms with Crippen molar-refractivity contribution in [1.29, 1.82) is 0 Å². The topological polar surface area (TPSA) is 64.7 Å². The summed E-state index contributed by atoms with van der Waals surface area (Å²) in [5, 5.41) is 7.36. The maximum atomic E-state index is 13.7. The highest BCUT2D eigenvalue weighted by Crippen LogP contribution is 2.32. The maximum Gasteiger partial charge on any atom is 0.416 e. The number of hydrogen-bond donors (Lipinski definition) is 1. The van der Waals surface area contributed by atoms with Crippen molar-refractivity contribution >= 4 is 27.6 Å². The van der Waals surface area contributed by atoms with Gasteiger partial charge >= 0.3 is 6.18 Å². The predicted molar refractivity (Wildman–Crippen MR) is 127 cm³/mol. The van der Waals surface area contributed by atoms with Crippen LogP contribution in [0.25, 0.3) is 38.6 Å². The number of pyridine rings is 2. The first-order valence-electron chi connectivity index (χ1n) is 10.9. The Morgan fingerprint density at radius 1 is 0.919 bits per heavy atom. The largest absolute Gasteiger partial charge is 0.416 e. The summed E-state index contributed by atoms with van der Waals surface area (Å²) < 4.78 is 81.3. The predicted octanol–water partition coefficient (Wildman–Crippen LogP) is 5.93. The molecule has 3 aromatic heterocycles. The van der Waals surface area contributed by atoms with Gasteiger partial charge in [-0.3, -0.25) is 14.0 Å². The van der Waals surface area contributed by atoms with Gasteiger partial charge in [-0.15, -0.1) is 0 Å². The summed E-state index contributed by atoms with van der Waals surface area (Å²) in [6.45, 7) is 0. The van der Waals surface area contributed by atoms with Gasteiger partial charge in [-0.25, -0.2) is 18.2 Å². The van der Waals surface area contributed by atoms with Crippen LogP contribution in [0.2, 0.25) is 0 Å². The van der Waals surface area contributed by atoms with Gasteiger partial charge in [0.25, 0.3) is 12.0 Å². The van der Waals surface area contributed by atoms with Crippen LogP contribution < -0.4 is 10.9 Å². The standard InChI is InChI=1S/C25H17F6N5O/c1-35-11-15-10-17(7-8-18(15)34-35)36-12-14-4-9-19(33-23(28)22(26)27)32-21(14)20(24(36)37)13-2-5-16(6-3-13)25(29,30)31/h2-12,22-23H,1H3,(H,32,33). The Balaban J connectivity index is 1.74. The van der Waals surface area contributed by atoms with E-state index < -0.39 is 30.0 Å². The summed E-state index contributed by atoms with van der Waals surface area (Å²) >= 11 is 0. The lowest BCUT2D eigenvalue weighted by molar-refractivity contribution is -0.137. The minimum Gasteiger partial charge on any atom is -0.336 e. The number of halogens is 6. The van der Waals surface area contributed by atoms with E-state index in [2.05, 4.69) is 10.1 Å². The van der Waals surface area contributed by atoms with Gasteiger partial charge in [-0.05, 0) is 48.0 Å². The Labute approximate surface area is 204 Å². The number of alkyl halides is 6. The molecule has 5 rings (SSSR count). The van der Waals surface area contributed by atoms with Gasteiger partial charge in [0.1, 0.15) is 5.82 Å². The first-order chi connectivity index (χ1) is 17.5. The number of aromatic nitrogens is 4. The molecular formula is C25H17F6N5O. The molecule has 0 saturated carbocycles. The minimum absolute atomic E-state index is 0.00920. The van der Waals surface area contributed by atoms with Gasteiger partial charge < -0.3 is 5.32 Å². The zero-order valence-corrected chi connectivity index (χ0v) is 19.0. The average Bonchev–Trinajstić information content (AvgIpc) is 3.22. The van der Waals surface area contributed by atoms with Crippen LogP contribution in [0.15, 0.2) is 71.8 Å². The first kappa shape index (κ1) is 24.3. The molecule has 0 amide bonds. The highest BCUT2D eigenvalue weighted by atomic mass is 19.4. The second-order valence-corrected chi connectivity index (χ2v) is 8.32. The summed E-state index contributed by atoms with van der Waals surface area (Å²) in [7, 11) is 1.75. The Kier molecular flexibility index (Phi) is 5.89. The van der Waals surface area contributed by atoms with Crippen molar-refractivity contribution in [3.05, 3.63) is 82.9 Å². The van der Waals surface area contributed by atoms with E-state index in [1.165, 1.54) is 22.9 Å². The fraction of sp³-hybridized carbons (Fsp3) is 0.160. The molecule has 6 nitrogen and oxygen atoms in total. The average molecular weight is 517 g/mol. The molecule has 0 radical (unpaired) electrons. The number of aryl methyl sites for hydroxylation is 1. The third-order valence-corrected chi connectivity index (χ3v) is 5.75. The zero-order valence-electron chi connectivity index (χ0n) is 19.0. The molecule has 0 aliphatic carbocycles. The monoisotopic (exact) mass is 517 g/mol. The molecule has 1 atom stereocenters. The van der Waals surface area contributed by atoms with Gasteiger partial charge in [0.15, 0.2) is 0 Å². The lowest BCUT2D eigenvalue weighted by atomic mass is 10.0. The molecule has 1 unspecified atom stereocenters. The third kappa shape index (κ3) is 4.61. The Morgan fingerprint density at radius 2 is 1.65 bits per heavy atom. The molecule has 190 valence electrons. The van der Waals surface area contributed by atoms with E-state index in [9.17, 15) is 31.1 Å². The van der Waals surface area contributed by atoms with Crippen molar-refractivity contribution in [1.82, 2.24) is 19.3 Å². The molecule has 0 spiro atoms. The molecule has 0 aliphatic heterocycles. The number of fused-ring (bicyclic) bond motifs is 2. The number of nitrogens with one attached hydrogen (secondary N) is 1. The minimum atomic E-state index is -4.59. The quantitative estimate of drug-likeness (QED) is 0.232. The molecule has 0 saturated heterocycles. The molecule has 3 heterocycles. The lowest BCUT2D eigenvalue weighted by Gasteiger charge is -2.15. The molecule has 0 fully saturated rings. The smallest absolute Gasteiger partial charge is 0.336 e. The van der Waals surface area contributed by atoms with E-state index in [1.54, 1.807) is 36.1 Å². The van der Waals surface area contributed by atoms with Crippen LogP contribution in [-0.2, 0) is 13.2 Å². The molecule has 0 aliphatic rings. The van der Waals surface area contributed by atoms with Gasteiger partial charge in [0.05, 0.1) is 22.2 Å². The summed E-state index contributed by atoms with van der Waals surface area (Å²) in [4.78, 5) is 17.9. The van der Waals surface area contributed by atoms with E-state index >= 15 is 0 Å². The molecule has 1 N–H and O–H groups in total. The van der Waals surface area contributed by atoms with Crippen LogP contribution in [0, 0.1) is 0 Å². The fourth-order valence-electron chi connectivity index (χ4n) is 4.04. The van der Waals surface area contributed by atoms with Crippen LogP contribution in [-0.4, -0.2) is 32.1 Å². The van der Waals surface area contributed by atoms with Crippen molar-refractivity contribution in [2.24, 2.45) is 7.05 Å². The number of hydrogen-bond acceptors (Lipinski definition) is 4. The SMILES string of the molecule is Cn1cc2cc(-n3cc4ccc(NC(F)C(F)F)nc4c(-c4ccc(C(F)(F)F)cc4)c3=O)ccc2n1. The molecular weight excluding hydrogens is 500 g/mol. The second kappa shape index (κ2) is 8.95. The van der Waals surface area contributed by atoms with Crippen LogP contribution in [0.5, 0.6) is 0 Å². The highest BCUT2D eigenvalue weighted by Gasteiger charge is 2.30. The van der Waals surface area contributed by atoms with E-state index in [1.807, 2.05) is 5.32 Å². The van der Waals surface area contributed by atoms with Crippen LogP contribution in [0.3, 0.4) is 0 Å². The third-order valence-electron chi connectivity index (χ3n) is 5.75. The summed E-state index contributed by atoms with van der Waals surface area (Å²) in [5.41, 5.74) is -0.319. The van der Waals surface area contributed by atoms with Crippen molar-refractivity contribution in [3.63, 3.8) is 0 Å². The highest BCUT2D eigenvalue weighted by molar-refractivity contribution is 5.94.